The predicted octanol–water partition coefficient (Wildman–Crippen LogP) is 3.37. The minimum Gasteiger partial charge on any atom is -0.384 e. The first kappa shape index (κ1) is 16.0. The van der Waals surface area contributed by atoms with Gasteiger partial charge in [0, 0.05) is 13.2 Å². The van der Waals surface area contributed by atoms with Crippen molar-refractivity contribution in [2.45, 2.75) is 58.6 Å². The van der Waals surface area contributed by atoms with Crippen molar-refractivity contribution in [1.82, 2.24) is 4.57 Å². The van der Waals surface area contributed by atoms with Crippen LogP contribution in [0.5, 0.6) is 0 Å². The van der Waals surface area contributed by atoms with Crippen molar-refractivity contribution in [3.05, 3.63) is 21.3 Å². The first-order valence-electron chi connectivity index (χ1n) is 7.62. The molecule has 0 unspecified atom stereocenters. The normalized spacial score (nSPS) is 14.0. The molecule has 1 aromatic rings. The molecular weight excluding hydrogens is 282 g/mol. The second-order valence-electron chi connectivity index (χ2n) is 5.77. The summed E-state index contributed by atoms with van der Waals surface area (Å²) in [4.78, 5) is 0. The van der Waals surface area contributed by atoms with Gasteiger partial charge in [-0.1, -0.05) is 12.2 Å². The molecule has 0 spiro atoms. The Morgan fingerprint density at radius 3 is 2.62 bits per heavy atom. The van der Waals surface area contributed by atoms with Crippen LogP contribution in [0.25, 0.3) is 0 Å². The Labute approximate surface area is 131 Å². The van der Waals surface area contributed by atoms with E-state index < -0.39 is 0 Å². The van der Waals surface area contributed by atoms with E-state index in [2.05, 4.69) is 6.07 Å². The first-order valence-corrected chi connectivity index (χ1v) is 8.02. The van der Waals surface area contributed by atoms with Crippen LogP contribution in [0.2, 0.25) is 0 Å². The van der Waals surface area contributed by atoms with Gasteiger partial charge >= 0.3 is 0 Å². The Kier molecular flexibility index (Phi) is 5.38. The largest absolute Gasteiger partial charge is 0.384 e. The van der Waals surface area contributed by atoms with Crippen LogP contribution in [-0.4, -0.2) is 17.3 Å². The molecule has 0 radical (unpaired) electrons. The summed E-state index contributed by atoms with van der Waals surface area (Å²) in [6.07, 6.45) is 5.22. The molecule has 5 heteroatoms. The summed E-state index contributed by atoms with van der Waals surface area (Å²) in [7, 11) is 0. The Hall–Kier alpha value is -1.38. The number of nitrogen functional groups attached to an aromatic ring is 1. The number of fused-ring (bicyclic) bond motifs is 1. The van der Waals surface area contributed by atoms with E-state index in [0.717, 1.165) is 47.9 Å². The Morgan fingerprint density at radius 1 is 1.33 bits per heavy atom. The molecule has 2 rings (SSSR count). The number of hydrogen-bond acceptors (Lipinski definition) is 4. The average molecular weight is 305 g/mol. The van der Waals surface area contributed by atoms with Gasteiger partial charge in [-0.2, -0.15) is 5.26 Å². The molecule has 0 aliphatic heterocycles. The average Bonchev–Trinajstić information content (AvgIpc) is 2.46. The minimum absolute atomic E-state index is 0.230. The van der Waals surface area contributed by atoms with Gasteiger partial charge in [0.25, 0.3) is 0 Å². The van der Waals surface area contributed by atoms with Crippen LogP contribution in [0.1, 0.15) is 49.8 Å². The van der Waals surface area contributed by atoms with Gasteiger partial charge in [0.05, 0.1) is 11.7 Å². The van der Waals surface area contributed by atoms with Crippen LogP contribution < -0.4 is 5.73 Å². The zero-order chi connectivity index (χ0) is 15.4. The number of aromatic nitrogens is 1. The molecule has 21 heavy (non-hydrogen) atoms. The molecule has 0 aromatic carbocycles. The van der Waals surface area contributed by atoms with E-state index in [1.807, 2.05) is 18.4 Å². The van der Waals surface area contributed by atoms with E-state index in [-0.39, 0.29) is 6.10 Å². The van der Waals surface area contributed by atoms with E-state index in [4.69, 9.17) is 22.7 Å². The highest BCUT2D eigenvalue weighted by atomic mass is 32.1. The molecule has 0 bridgehead atoms. The maximum absolute atomic E-state index is 9.43. The number of rotatable bonds is 5. The zero-order valence-corrected chi connectivity index (χ0v) is 13.6. The molecule has 1 aliphatic carbocycles. The number of nitrogens with two attached hydrogens (primary N) is 1. The zero-order valence-electron chi connectivity index (χ0n) is 12.8. The number of hydrogen-bond donors (Lipinski definition) is 1. The quantitative estimate of drug-likeness (QED) is 0.669. The fraction of sp³-hybridized carbons (Fsp3) is 0.625. The van der Waals surface area contributed by atoms with Crippen molar-refractivity contribution in [3.8, 4) is 6.07 Å². The smallest absolute Gasteiger partial charge is 0.122 e. The Bertz CT molecular complexity index is 613. The highest BCUT2D eigenvalue weighted by Gasteiger charge is 2.20. The summed E-state index contributed by atoms with van der Waals surface area (Å²) < 4.78 is 8.29. The van der Waals surface area contributed by atoms with Gasteiger partial charge in [-0.15, -0.1) is 0 Å². The maximum atomic E-state index is 9.43. The van der Waals surface area contributed by atoms with Crippen LogP contribution in [-0.2, 0) is 24.1 Å². The van der Waals surface area contributed by atoms with Crippen LogP contribution in [0, 0.1) is 16.0 Å². The molecule has 114 valence electrons. The lowest BCUT2D eigenvalue weighted by molar-refractivity contribution is 0.0748. The third-order valence-electron chi connectivity index (χ3n) is 3.91. The predicted molar refractivity (Wildman–Crippen MR) is 86.7 cm³/mol. The molecule has 1 aromatic heterocycles. The van der Waals surface area contributed by atoms with Crippen molar-refractivity contribution >= 4 is 18.0 Å². The van der Waals surface area contributed by atoms with E-state index in [1.54, 1.807) is 0 Å². The monoisotopic (exact) mass is 305 g/mol. The summed E-state index contributed by atoms with van der Waals surface area (Å²) in [5.41, 5.74) is 9.06. The molecule has 0 fully saturated rings. The molecule has 1 aliphatic rings. The SMILES string of the molecule is CC(C)OCCCn1c(N)c(C#N)c2c(c1=S)CCCC2. The summed E-state index contributed by atoms with van der Waals surface area (Å²) in [5, 5.41) is 9.43. The van der Waals surface area contributed by atoms with Crippen molar-refractivity contribution in [2.24, 2.45) is 0 Å². The topological polar surface area (TPSA) is 64.0 Å². The van der Waals surface area contributed by atoms with Crippen molar-refractivity contribution < 1.29 is 4.74 Å². The number of anilines is 1. The highest BCUT2D eigenvalue weighted by molar-refractivity contribution is 7.71. The molecular formula is C16H23N3OS. The van der Waals surface area contributed by atoms with Gasteiger partial charge in [0.15, 0.2) is 0 Å². The van der Waals surface area contributed by atoms with Crippen LogP contribution >= 0.6 is 12.2 Å². The molecule has 0 saturated carbocycles. The van der Waals surface area contributed by atoms with Crippen LogP contribution in [0.3, 0.4) is 0 Å². The Balaban J connectivity index is 2.29. The fourth-order valence-electron chi connectivity index (χ4n) is 2.87. The van der Waals surface area contributed by atoms with Gasteiger partial charge < -0.3 is 15.0 Å². The van der Waals surface area contributed by atoms with E-state index >= 15 is 0 Å². The molecule has 2 N–H and O–H groups in total. The second-order valence-corrected chi connectivity index (χ2v) is 6.15. The van der Waals surface area contributed by atoms with Crippen molar-refractivity contribution in [3.63, 3.8) is 0 Å². The lowest BCUT2D eigenvalue weighted by atomic mass is 9.90. The molecule has 0 amide bonds. The van der Waals surface area contributed by atoms with Gasteiger partial charge in [-0.05, 0) is 57.1 Å². The third kappa shape index (κ3) is 3.45. The summed E-state index contributed by atoms with van der Waals surface area (Å²) >= 11 is 5.61. The van der Waals surface area contributed by atoms with Gasteiger partial charge in [-0.25, -0.2) is 0 Å². The maximum Gasteiger partial charge on any atom is 0.122 e. The summed E-state index contributed by atoms with van der Waals surface area (Å²) in [6.45, 7) is 5.43. The molecule has 0 atom stereocenters. The second kappa shape index (κ2) is 7.06. The standard InChI is InChI=1S/C16H23N3OS/c1-11(2)20-9-5-8-19-15(18)14(10-17)12-6-3-4-7-13(12)16(19)21/h11H,3-9,18H2,1-2H3. The van der Waals surface area contributed by atoms with E-state index in [0.29, 0.717) is 24.5 Å². The fourth-order valence-corrected chi connectivity index (χ4v) is 3.28. The Morgan fingerprint density at radius 2 is 2.00 bits per heavy atom. The molecule has 4 nitrogen and oxygen atoms in total. The minimum atomic E-state index is 0.230. The molecule has 1 heterocycles. The highest BCUT2D eigenvalue weighted by Crippen LogP contribution is 2.29. The van der Waals surface area contributed by atoms with Gasteiger partial charge in [0.2, 0.25) is 0 Å². The summed E-state index contributed by atoms with van der Waals surface area (Å²) in [6, 6.07) is 2.28. The van der Waals surface area contributed by atoms with Crippen molar-refractivity contribution in [2.75, 3.05) is 12.3 Å². The van der Waals surface area contributed by atoms with E-state index in [9.17, 15) is 5.26 Å². The molecule has 0 saturated heterocycles. The van der Waals surface area contributed by atoms with Crippen molar-refractivity contribution in [1.29, 1.82) is 5.26 Å². The number of nitriles is 1. The number of pyridine rings is 1. The summed E-state index contributed by atoms with van der Waals surface area (Å²) in [5.74, 6) is 0.521. The number of nitrogens with zero attached hydrogens (tertiary/aromatic N) is 2. The van der Waals surface area contributed by atoms with Gasteiger partial charge in [-0.3, -0.25) is 0 Å². The van der Waals surface area contributed by atoms with Crippen LogP contribution in [0.15, 0.2) is 0 Å². The van der Waals surface area contributed by atoms with E-state index in [1.165, 1.54) is 0 Å². The van der Waals surface area contributed by atoms with Gasteiger partial charge in [0.1, 0.15) is 16.5 Å². The lowest BCUT2D eigenvalue weighted by Crippen LogP contribution is -2.18. The lowest BCUT2D eigenvalue weighted by Gasteiger charge is -2.22. The van der Waals surface area contributed by atoms with Crippen LogP contribution in [0.4, 0.5) is 5.82 Å². The third-order valence-corrected chi connectivity index (χ3v) is 4.38. The number of ether oxygens (including phenoxy) is 1. The first-order chi connectivity index (χ1) is 10.1.